The predicted molar refractivity (Wildman–Crippen MR) is 122 cm³/mol. The number of carbonyl (C=O) groups excluding carboxylic acids is 1. The molecular formula is C22H16ClN5O4S. The van der Waals surface area contributed by atoms with Crippen molar-refractivity contribution in [2.24, 2.45) is 0 Å². The van der Waals surface area contributed by atoms with Gasteiger partial charge in [0, 0.05) is 34.6 Å². The van der Waals surface area contributed by atoms with E-state index in [2.05, 4.69) is 25.6 Å². The van der Waals surface area contributed by atoms with Crippen molar-refractivity contribution in [3.05, 3.63) is 69.8 Å². The van der Waals surface area contributed by atoms with Gasteiger partial charge in [-0.2, -0.15) is 0 Å². The molecule has 0 fully saturated rings. The third-order valence-electron chi connectivity index (χ3n) is 5.72. The standard InChI is InChI=1S/C22H16ClN5O4S/c23-9-1-2-11-12(5-9)28-22(27-11)33-16-4-3-15(32-16)17-10-6-25-20(21(30)31)19(10)26-13-7-24-8-14(29)18(13)17/h1-6,17,24-26H,7-8H2,(H,27,28)(H,30,31). The molecule has 2 aliphatic rings. The van der Waals surface area contributed by atoms with E-state index in [1.807, 2.05) is 18.2 Å². The normalized spacial score (nSPS) is 17.7. The average molecular weight is 482 g/mol. The molecule has 5 heterocycles. The lowest BCUT2D eigenvalue weighted by atomic mass is 9.82. The SMILES string of the molecule is O=C1CNCC2=C1C(c1ccc(Sc3nc4cc(Cl)ccc4[nH]3)o1)c1c[nH]c(C(=O)O)c1N2. The van der Waals surface area contributed by atoms with Gasteiger partial charge in [-0.05, 0) is 42.1 Å². The van der Waals surface area contributed by atoms with E-state index in [1.54, 1.807) is 18.3 Å². The highest BCUT2D eigenvalue weighted by Gasteiger charge is 2.39. The van der Waals surface area contributed by atoms with E-state index in [-0.39, 0.29) is 18.0 Å². The van der Waals surface area contributed by atoms with Gasteiger partial charge in [-0.25, -0.2) is 9.78 Å². The van der Waals surface area contributed by atoms with Crippen molar-refractivity contribution in [1.29, 1.82) is 0 Å². The van der Waals surface area contributed by atoms with Gasteiger partial charge in [0.05, 0.1) is 29.2 Å². The van der Waals surface area contributed by atoms with Crippen LogP contribution >= 0.6 is 23.4 Å². The first-order chi connectivity index (χ1) is 16.0. The van der Waals surface area contributed by atoms with Crippen LogP contribution in [0.25, 0.3) is 11.0 Å². The highest BCUT2D eigenvalue weighted by molar-refractivity contribution is 7.99. The van der Waals surface area contributed by atoms with Crippen LogP contribution in [0.15, 0.2) is 62.5 Å². The number of carboxylic acids is 1. The van der Waals surface area contributed by atoms with Crippen LogP contribution in [0.3, 0.4) is 0 Å². The number of aromatic nitrogens is 3. The van der Waals surface area contributed by atoms with Crippen molar-refractivity contribution in [3.63, 3.8) is 0 Å². The number of anilines is 1. The molecule has 3 aromatic heterocycles. The number of imidazole rings is 1. The molecule has 0 aliphatic carbocycles. The lowest BCUT2D eigenvalue weighted by molar-refractivity contribution is -0.115. The summed E-state index contributed by atoms with van der Waals surface area (Å²) >= 11 is 7.37. The van der Waals surface area contributed by atoms with Gasteiger partial charge < -0.3 is 30.1 Å². The molecule has 0 saturated heterocycles. The fraction of sp³-hybridized carbons (Fsp3) is 0.136. The van der Waals surface area contributed by atoms with E-state index >= 15 is 0 Å². The number of carbonyl (C=O) groups is 2. The van der Waals surface area contributed by atoms with Gasteiger partial charge in [-0.15, -0.1) is 0 Å². The summed E-state index contributed by atoms with van der Waals surface area (Å²) in [7, 11) is 0. The number of Topliss-reactive ketones (excluding diaryl/α,β-unsaturated/α-hetero) is 1. The molecule has 2 aliphatic heterocycles. The first-order valence-corrected chi connectivity index (χ1v) is 11.3. The number of aromatic carboxylic acids is 1. The Kier molecular flexibility index (Phi) is 4.61. The molecular weight excluding hydrogens is 466 g/mol. The molecule has 4 aromatic rings. The second-order valence-electron chi connectivity index (χ2n) is 7.74. The molecule has 0 bridgehead atoms. The van der Waals surface area contributed by atoms with E-state index in [4.69, 9.17) is 16.0 Å². The van der Waals surface area contributed by atoms with E-state index in [0.717, 1.165) is 11.0 Å². The highest BCUT2D eigenvalue weighted by Crippen LogP contribution is 2.45. The number of halogens is 1. The Labute approximate surface area is 195 Å². The van der Waals surface area contributed by atoms with Crippen LogP contribution in [0, 0.1) is 0 Å². The van der Waals surface area contributed by atoms with Crippen LogP contribution < -0.4 is 10.6 Å². The van der Waals surface area contributed by atoms with E-state index in [9.17, 15) is 14.7 Å². The molecule has 1 aromatic carbocycles. The number of rotatable bonds is 4. The van der Waals surface area contributed by atoms with Crippen LogP contribution in [0.1, 0.15) is 27.7 Å². The minimum atomic E-state index is -1.08. The summed E-state index contributed by atoms with van der Waals surface area (Å²) in [4.78, 5) is 35.1. The Morgan fingerprint density at radius 3 is 2.97 bits per heavy atom. The molecule has 0 spiro atoms. The Morgan fingerprint density at radius 1 is 1.24 bits per heavy atom. The zero-order chi connectivity index (χ0) is 22.7. The highest BCUT2D eigenvalue weighted by atomic mass is 35.5. The molecule has 33 heavy (non-hydrogen) atoms. The number of aromatic amines is 2. The third kappa shape index (κ3) is 3.34. The first kappa shape index (κ1) is 20.2. The van der Waals surface area contributed by atoms with Crippen molar-refractivity contribution in [3.8, 4) is 0 Å². The maximum absolute atomic E-state index is 12.8. The zero-order valence-electron chi connectivity index (χ0n) is 16.9. The van der Waals surface area contributed by atoms with Crippen molar-refractivity contribution in [2.75, 3.05) is 18.4 Å². The van der Waals surface area contributed by atoms with E-state index < -0.39 is 11.9 Å². The van der Waals surface area contributed by atoms with Crippen molar-refractivity contribution < 1.29 is 19.1 Å². The van der Waals surface area contributed by atoms with Gasteiger partial charge in [0.1, 0.15) is 11.5 Å². The van der Waals surface area contributed by atoms with Gasteiger partial charge >= 0.3 is 5.97 Å². The van der Waals surface area contributed by atoms with Crippen LogP contribution in [-0.2, 0) is 4.79 Å². The average Bonchev–Trinajstić information content (AvgIpc) is 3.50. The molecule has 9 nitrogen and oxygen atoms in total. The Morgan fingerprint density at radius 2 is 2.12 bits per heavy atom. The maximum atomic E-state index is 12.8. The number of benzene rings is 1. The quantitative estimate of drug-likeness (QED) is 0.295. The summed E-state index contributed by atoms with van der Waals surface area (Å²) in [6.07, 6.45) is 1.62. The number of furan rings is 1. The molecule has 5 N–H and O–H groups in total. The second kappa shape index (κ2) is 7.55. The van der Waals surface area contributed by atoms with Gasteiger partial charge in [0.25, 0.3) is 0 Å². The molecule has 6 rings (SSSR count). The minimum absolute atomic E-state index is 0.0432. The van der Waals surface area contributed by atoms with Gasteiger partial charge in [0.2, 0.25) is 0 Å². The Hall–Kier alpha value is -3.47. The topological polar surface area (TPSA) is 136 Å². The maximum Gasteiger partial charge on any atom is 0.354 e. The molecule has 166 valence electrons. The van der Waals surface area contributed by atoms with Crippen LogP contribution in [-0.4, -0.2) is 44.9 Å². The summed E-state index contributed by atoms with van der Waals surface area (Å²) in [5, 5.41) is 17.6. The Bertz CT molecular complexity index is 1480. The number of H-pyrrole nitrogens is 2. The number of nitrogens with one attached hydrogen (secondary N) is 4. The molecule has 0 amide bonds. The number of fused-ring (bicyclic) bond motifs is 2. The molecule has 1 atom stereocenters. The molecule has 0 radical (unpaired) electrons. The van der Waals surface area contributed by atoms with E-state index in [0.29, 0.717) is 50.1 Å². The van der Waals surface area contributed by atoms with Crippen molar-refractivity contribution in [1.82, 2.24) is 20.3 Å². The van der Waals surface area contributed by atoms with Crippen LogP contribution in [0.4, 0.5) is 5.69 Å². The number of nitrogens with zero attached hydrogens (tertiary/aromatic N) is 1. The largest absolute Gasteiger partial charge is 0.477 e. The van der Waals surface area contributed by atoms with Crippen LogP contribution in [0.2, 0.25) is 5.02 Å². The van der Waals surface area contributed by atoms with Gasteiger partial charge in [-0.3, -0.25) is 4.79 Å². The third-order valence-corrected chi connectivity index (χ3v) is 6.76. The second-order valence-corrected chi connectivity index (χ2v) is 9.17. The van der Waals surface area contributed by atoms with E-state index in [1.165, 1.54) is 11.8 Å². The fourth-order valence-electron chi connectivity index (χ4n) is 4.32. The van der Waals surface area contributed by atoms with Gasteiger partial charge in [-0.1, -0.05) is 11.6 Å². The molecule has 0 saturated carbocycles. The fourth-order valence-corrected chi connectivity index (χ4v) is 5.26. The number of carboxylic acid groups (broad SMARTS) is 1. The summed E-state index contributed by atoms with van der Waals surface area (Å²) < 4.78 is 6.15. The first-order valence-electron chi connectivity index (χ1n) is 10.1. The number of ketones is 1. The Balaban J connectivity index is 1.39. The lowest BCUT2D eigenvalue weighted by Gasteiger charge is -2.31. The monoisotopic (exact) mass is 481 g/mol. The summed E-state index contributed by atoms with van der Waals surface area (Å²) in [5.41, 5.74) is 4.01. The van der Waals surface area contributed by atoms with Crippen molar-refractivity contribution in [2.45, 2.75) is 16.2 Å². The smallest absolute Gasteiger partial charge is 0.354 e. The van der Waals surface area contributed by atoms with Crippen LogP contribution in [0.5, 0.6) is 0 Å². The summed E-state index contributed by atoms with van der Waals surface area (Å²) in [5.74, 6) is -1.10. The summed E-state index contributed by atoms with van der Waals surface area (Å²) in [6.45, 7) is 0.650. The number of hydrogen-bond donors (Lipinski definition) is 5. The minimum Gasteiger partial charge on any atom is -0.477 e. The summed E-state index contributed by atoms with van der Waals surface area (Å²) in [6, 6.07) is 9.07. The molecule has 1 unspecified atom stereocenters. The zero-order valence-corrected chi connectivity index (χ0v) is 18.4. The van der Waals surface area contributed by atoms with Crippen molar-refractivity contribution >= 4 is 51.8 Å². The predicted octanol–water partition coefficient (Wildman–Crippen LogP) is 3.97. The lowest BCUT2D eigenvalue weighted by Crippen LogP contribution is -2.39. The van der Waals surface area contributed by atoms with Gasteiger partial charge in [0.15, 0.2) is 16.0 Å². The number of hydrogen-bond acceptors (Lipinski definition) is 7. The molecule has 11 heteroatoms.